The zero-order valence-corrected chi connectivity index (χ0v) is 7.97. The van der Waals surface area contributed by atoms with Crippen LogP contribution >= 0.6 is 15.9 Å². The molecule has 0 aliphatic heterocycles. The molecule has 0 aromatic heterocycles. The van der Waals surface area contributed by atoms with E-state index in [1.54, 1.807) is 5.48 Å². The summed E-state index contributed by atoms with van der Waals surface area (Å²) in [6, 6.07) is 0.771. The van der Waals surface area contributed by atoms with Gasteiger partial charge in [-0.05, 0) is 15.9 Å². The molecular weight excluding hydrogens is 245 g/mol. The summed E-state index contributed by atoms with van der Waals surface area (Å²) in [5.74, 6) is -1.72. The van der Waals surface area contributed by atoms with E-state index in [9.17, 15) is 4.39 Å². The van der Waals surface area contributed by atoms with Crippen LogP contribution in [0.1, 0.15) is 5.56 Å². The van der Waals surface area contributed by atoms with Gasteiger partial charge in [0.25, 0.3) is 0 Å². The van der Waals surface area contributed by atoms with Gasteiger partial charge in [-0.3, -0.25) is 0 Å². The lowest BCUT2D eigenvalue weighted by molar-refractivity contribution is 0.159. The number of hydrogen-bond donors (Lipinski definition) is 4. The summed E-state index contributed by atoms with van der Waals surface area (Å²) in [5.41, 5.74) is 1.79. The number of halogens is 2. The van der Waals surface area contributed by atoms with Gasteiger partial charge in [0.15, 0.2) is 11.5 Å². The fourth-order valence-corrected chi connectivity index (χ4v) is 1.41. The molecule has 0 spiro atoms. The highest BCUT2D eigenvalue weighted by Gasteiger charge is 2.14. The summed E-state index contributed by atoms with van der Waals surface area (Å²) in [7, 11) is 0. The number of rotatable bonds is 2. The number of aromatic hydroxyl groups is 2. The van der Waals surface area contributed by atoms with Gasteiger partial charge in [-0.15, -0.1) is 0 Å². The van der Waals surface area contributed by atoms with E-state index in [0.717, 1.165) is 6.07 Å². The quantitative estimate of drug-likeness (QED) is 0.475. The second-order valence-electron chi connectivity index (χ2n) is 2.35. The Morgan fingerprint density at radius 3 is 2.62 bits per heavy atom. The van der Waals surface area contributed by atoms with Crippen molar-refractivity contribution < 1.29 is 19.8 Å². The number of hydrogen-bond acceptors (Lipinski definition) is 4. The van der Waals surface area contributed by atoms with Gasteiger partial charge in [-0.2, -0.15) is 0 Å². The SMILES string of the molecule is ONCc1c(F)cc(O)c(O)c1Br. The maximum atomic E-state index is 13.0. The highest BCUT2D eigenvalue weighted by atomic mass is 79.9. The van der Waals surface area contributed by atoms with Gasteiger partial charge < -0.3 is 15.4 Å². The molecule has 0 unspecified atom stereocenters. The molecule has 6 heteroatoms. The van der Waals surface area contributed by atoms with Crippen molar-refractivity contribution in [1.82, 2.24) is 5.48 Å². The van der Waals surface area contributed by atoms with E-state index in [1.165, 1.54) is 0 Å². The van der Waals surface area contributed by atoms with Crippen LogP contribution in [0, 0.1) is 5.82 Å². The van der Waals surface area contributed by atoms with E-state index >= 15 is 0 Å². The summed E-state index contributed by atoms with van der Waals surface area (Å²) >= 11 is 2.88. The smallest absolute Gasteiger partial charge is 0.172 e. The summed E-state index contributed by atoms with van der Waals surface area (Å²) in [5, 5.41) is 26.5. The first-order valence-corrected chi connectivity index (χ1v) is 4.13. The van der Waals surface area contributed by atoms with Crippen molar-refractivity contribution in [3.8, 4) is 11.5 Å². The number of hydroxylamine groups is 1. The average Bonchev–Trinajstić information content (AvgIpc) is 2.09. The first-order chi connectivity index (χ1) is 6.07. The van der Waals surface area contributed by atoms with Crippen LogP contribution < -0.4 is 5.48 Å². The predicted molar refractivity (Wildman–Crippen MR) is 46.1 cm³/mol. The zero-order chi connectivity index (χ0) is 10.0. The highest BCUT2D eigenvalue weighted by molar-refractivity contribution is 9.10. The van der Waals surface area contributed by atoms with E-state index in [-0.39, 0.29) is 16.6 Å². The number of nitrogens with one attached hydrogen (secondary N) is 1. The van der Waals surface area contributed by atoms with Crippen molar-refractivity contribution >= 4 is 15.9 Å². The third-order valence-corrected chi connectivity index (χ3v) is 2.38. The van der Waals surface area contributed by atoms with Crippen LogP contribution in [0.4, 0.5) is 4.39 Å². The molecule has 0 atom stereocenters. The summed E-state index contributed by atoms with van der Waals surface area (Å²) in [6.07, 6.45) is 0. The fourth-order valence-electron chi connectivity index (χ4n) is 0.877. The lowest BCUT2D eigenvalue weighted by atomic mass is 10.2. The Kier molecular flexibility index (Phi) is 3.07. The van der Waals surface area contributed by atoms with Crippen LogP contribution in [-0.4, -0.2) is 15.4 Å². The van der Waals surface area contributed by atoms with Gasteiger partial charge in [0.05, 0.1) is 4.47 Å². The first-order valence-electron chi connectivity index (χ1n) is 3.33. The molecule has 13 heavy (non-hydrogen) atoms. The molecule has 1 rings (SSSR count). The van der Waals surface area contributed by atoms with Crippen LogP contribution in [-0.2, 0) is 6.54 Å². The van der Waals surface area contributed by atoms with E-state index in [0.29, 0.717) is 0 Å². The van der Waals surface area contributed by atoms with Crippen molar-refractivity contribution in [3.63, 3.8) is 0 Å². The van der Waals surface area contributed by atoms with Crippen LogP contribution in [0.5, 0.6) is 11.5 Å². The van der Waals surface area contributed by atoms with E-state index in [2.05, 4.69) is 15.9 Å². The molecule has 0 saturated heterocycles. The van der Waals surface area contributed by atoms with Crippen molar-refractivity contribution in [2.45, 2.75) is 6.54 Å². The molecule has 0 saturated carbocycles. The first kappa shape index (κ1) is 10.2. The maximum absolute atomic E-state index is 13.0. The third kappa shape index (κ3) is 1.90. The van der Waals surface area contributed by atoms with Gasteiger partial charge in [0.1, 0.15) is 5.82 Å². The molecule has 72 valence electrons. The zero-order valence-electron chi connectivity index (χ0n) is 6.38. The van der Waals surface area contributed by atoms with Crippen molar-refractivity contribution in [2.24, 2.45) is 0 Å². The minimum Gasteiger partial charge on any atom is -0.504 e. The normalized spacial score (nSPS) is 10.4. The maximum Gasteiger partial charge on any atom is 0.172 e. The van der Waals surface area contributed by atoms with Crippen LogP contribution in [0.25, 0.3) is 0 Å². The molecule has 0 amide bonds. The second-order valence-corrected chi connectivity index (χ2v) is 3.15. The van der Waals surface area contributed by atoms with Crippen LogP contribution in [0.3, 0.4) is 0 Å². The molecule has 4 nitrogen and oxygen atoms in total. The minimum absolute atomic E-state index is 0.0200. The van der Waals surface area contributed by atoms with Gasteiger partial charge in [0.2, 0.25) is 0 Å². The highest BCUT2D eigenvalue weighted by Crippen LogP contribution is 2.37. The minimum atomic E-state index is -0.719. The molecule has 1 aromatic rings. The summed E-state index contributed by atoms with van der Waals surface area (Å²) in [4.78, 5) is 0. The standard InChI is InChI=1S/C7H7BrFNO3/c8-6-3(2-10-13)4(9)1-5(11)7(6)12/h1,10-13H,2H2. The Labute approximate surface area is 81.7 Å². The number of benzene rings is 1. The van der Waals surface area contributed by atoms with E-state index in [1.807, 2.05) is 0 Å². The monoisotopic (exact) mass is 251 g/mol. The van der Waals surface area contributed by atoms with Crippen molar-refractivity contribution in [2.75, 3.05) is 0 Å². The lowest BCUT2D eigenvalue weighted by Gasteiger charge is -2.07. The largest absolute Gasteiger partial charge is 0.504 e. The summed E-state index contributed by atoms with van der Waals surface area (Å²) < 4.78 is 13.0. The Bertz CT molecular complexity index is 332. The van der Waals surface area contributed by atoms with Crippen LogP contribution in [0.2, 0.25) is 0 Å². The molecular formula is C7H7BrFNO3. The third-order valence-electron chi connectivity index (χ3n) is 1.52. The molecule has 0 aliphatic rings. The molecule has 0 bridgehead atoms. The molecule has 1 aromatic carbocycles. The molecule has 0 fully saturated rings. The predicted octanol–water partition coefficient (Wildman–Crippen LogP) is 1.48. The Morgan fingerprint density at radius 2 is 2.08 bits per heavy atom. The average molecular weight is 252 g/mol. The van der Waals surface area contributed by atoms with Gasteiger partial charge in [-0.25, -0.2) is 9.87 Å². The number of phenolic OH excluding ortho intramolecular Hbond substituents is 2. The van der Waals surface area contributed by atoms with Gasteiger partial charge in [-0.1, -0.05) is 0 Å². The van der Waals surface area contributed by atoms with E-state index in [4.69, 9.17) is 15.4 Å². The Hall–Kier alpha value is -0.850. The topological polar surface area (TPSA) is 72.7 Å². The van der Waals surface area contributed by atoms with Gasteiger partial charge >= 0.3 is 0 Å². The Morgan fingerprint density at radius 1 is 1.46 bits per heavy atom. The molecule has 4 N–H and O–H groups in total. The molecule has 0 heterocycles. The molecule has 0 aliphatic carbocycles. The van der Waals surface area contributed by atoms with Crippen LogP contribution in [0.15, 0.2) is 10.5 Å². The van der Waals surface area contributed by atoms with Crippen molar-refractivity contribution in [1.29, 1.82) is 0 Å². The van der Waals surface area contributed by atoms with Crippen molar-refractivity contribution in [3.05, 3.63) is 21.9 Å². The van der Waals surface area contributed by atoms with E-state index < -0.39 is 17.3 Å². The number of phenols is 2. The lowest BCUT2D eigenvalue weighted by Crippen LogP contribution is -2.08. The summed E-state index contributed by atoms with van der Waals surface area (Å²) in [6.45, 7) is -0.166. The van der Waals surface area contributed by atoms with Gasteiger partial charge in [0, 0.05) is 18.2 Å². The molecule has 0 radical (unpaired) electrons. The fraction of sp³-hybridized carbons (Fsp3) is 0.143. The second kappa shape index (κ2) is 3.91. The Balaban J connectivity index is 3.26.